The Balaban J connectivity index is 2.79. The molecule has 19 heavy (non-hydrogen) atoms. The second kappa shape index (κ2) is 3.75. The molecule has 3 rings (SSSR count). The van der Waals surface area contributed by atoms with Gasteiger partial charge < -0.3 is 10.2 Å². The molecule has 0 saturated heterocycles. The highest BCUT2D eigenvalue weighted by Gasteiger charge is 2.10. The normalized spacial score (nSPS) is 11.2. The molecular formula is C17H14O2. The largest absolute Gasteiger partial charge is 0.507 e. The van der Waals surface area contributed by atoms with Crippen LogP contribution in [0.15, 0.2) is 30.3 Å². The summed E-state index contributed by atoms with van der Waals surface area (Å²) in [5, 5.41) is 24.7. The lowest BCUT2D eigenvalue weighted by molar-refractivity contribution is 0.480. The van der Waals surface area contributed by atoms with Gasteiger partial charge in [-0.25, -0.2) is 0 Å². The molecule has 0 bridgehead atoms. The minimum atomic E-state index is 0.161. The average molecular weight is 250 g/mol. The number of benzene rings is 3. The molecule has 2 heteroatoms. The molecule has 0 fully saturated rings. The Bertz CT molecular complexity index is 924. The van der Waals surface area contributed by atoms with Gasteiger partial charge >= 0.3 is 0 Å². The van der Waals surface area contributed by atoms with Crippen LogP contribution < -0.4 is 10.4 Å². The Morgan fingerprint density at radius 3 is 2.26 bits per heavy atom. The van der Waals surface area contributed by atoms with Gasteiger partial charge in [-0.05, 0) is 45.8 Å². The van der Waals surface area contributed by atoms with E-state index in [2.05, 4.69) is 13.2 Å². The van der Waals surface area contributed by atoms with Gasteiger partial charge in [-0.2, -0.15) is 0 Å². The number of aromatic hydroxyl groups is 2. The summed E-state index contributed by atoms with van der Waals surface area (Å²) in [5.41, 5.74) is 0.966. The minimum absolute atomic E-state index is 0.161. The zero-order valence-corrected chi connectivity index (χ0v) is 10.7. The zero-order chi connectivity index (χ0) is 13.7. The van der Waals surface area contributed by atoms with E-state index >= 15 is 0 Å². The number of fused-ring (bicyclic) bond motifs is 2. The van der Waals surface area contributed by atoms with E-state index in [1.54, 1.807) is 18.2 Å². The Morgan fingerprint density at radius 1 is 0.842 bits per heavy atom. The smallest absolute Gasteiger partial charge is 0.124 e. The summed E-state index contributed by atoms with van der Waals surface area (Å²) < 4.78 is 0. The molecule has 0 saturated carbocycles. The van der Waals surface area contributed by atoms with Crippen LogP contribution in [0.3, 0.4) is 0 Å². The molecule has 0 atom stereocenters. The fourth-order valence-corrected chi connectivity index (χ4v) is 2.70. The standard InChI is InChI=1S/C17H14O2/c1-9-7-13-10(2)12-5-4-6-14(18)16(12)11(3)17(13)15(19)8-9/h4-8,18-19H,2-3H2,1H3. The molecule has 2 N–H and O–H groups in total. The van der Waals surface area contributed by atoms with Crippen LogP contribution in [0.2, 0.25) is 0 Å². The number of aryl methyl sites for hydroxylation is 1. The van der Waals surface area contributed by atoms with Gasteiger partial charge in [0.1, 0.15) is 11.5 Å². The maximum atomic E-state index is 10.2. The molecule has 0 aliphatic heterocycles. The molecule has 0 amide bonds. The van der Waals surface area contributed by atoms with E-state index < -0.39 is 0 Å². The summed E-state index contributed by atoms with van der Waals surface area (Å²) in [6.07, 6.45) is 0. The predicted molar refractivity (Wildman–Crippen MR) is 79.8 cm³/mol. The highest BCUT2D eigenvalue weighted by molar-refractivity contribution is 6.04. The van der Waals surface area contributed by atoms with E-state index in [0.29, 0.717) is 16.0 Å². The fraction of sp³-hybridized carbons (Fsp3) is 0.0588. The molecule has 0 spiro atoms. The SMILES string of the molecule is C=c1c2cccc(O)c2c(=C)c2c(O)cc(C)cc12. The number of phenolic OH excluding ortho intramolecular Hbond substituents is 2. The van der Waals surface area contributed by atoms with Crippen molar-refractivity contribution in [3.63, 3.8) is 0 Å². The second-order valence-electron chi connectivity index (χ2n) is 4.86. The Labute approximate surface area is 110 Å². The van der Waals surface area contributed by atoms with Crippen LogP contribution in [-0.2, 0) is 0 Å². The van der Waals surface area contributed by atoms with Crippen molar-refractivity contribution < 1.29 is 10.2 Å². The van der Waals surface area contributed by atoms with Crippen molar-refractivity contribution >= 4 is 34.7 Å². The lowest BCUT2D eigenvalue weighted by Gasteiger charge is -2.10. The summed E-state index contributed by atoms with van der Waals surface area (Å²) in [7, 11) is 0. The first-order chi connectivity index (χ1) is 9.00. The quantitative estimate of drug-likeness (QED) is 0.602. The van der Waals surface area contributed by atoms with Crippen molar-refractivity contribution in [2.24, 2.45) is 0 Å². The van der Waals surface area contributed by atoms with Crippen molar-refractivity contribution in [3.05, 3.63) is 46.3 Å². The number of hydrogen-bond donors (Lipinski definition) is 2. The van der Waals surface area contributed by atoms with Crippen molar-refractivity contribution in [2.75, 3.05) is 0 Å². The van der Waals surface area contributed by atoms with Gasteiger partial charge in [0.15, 0.2) is 0 Å². The van der Waals surface area contributed by atoms with E-state index in [9.17, 15) is 10.2 Å². The second-order valence-corrected chi connectivity index (χ2v) is 4.86. The number of rotatable bonds is 0. The van der Waals surface area contributed by atoms with E-state index in [4.69, 9.17) is 0 Å². The summed E-state index contributed by atoms with van der Waals surface area (Å²) in [6, 6.07) is 8.99. The van der Waals surface area contributed by atoms with Gasteiger partial charge in [0.25, 0.3) is 0 Å². The summed E-state index contributed by atoms with van der Waals surface area (Å²) in [4.78, 5) is 0. The Morgan fingerprint density at radius 2 is 1.53 bits per heavy atom. The average Bonchev–Trinajstić information content (AvgIpc) is 2.34. The first-order valence-electron chi connectivity index (χ1n) is 6.05. The van der Waals surface area contributed by atoms with Gasteiger partial charge in [-0.3, -0.25) is 0 Å². The molecule has 0 aliphatic rings. The third kappa shape index (κ3) is 1.50. The van der Waals surface area contributed by atoms with Crippen LogP contribution in [0, 0.1) is 6.92 Å². The van der Waals surface area contributed by atoms with Crippen LogP contribution in [0.1, 0.15) is 5.56 Å². The van der Waals surface area contributed by atoms with Crippen LogP contribution in [0.5, 0.6) is 11.5 Å². The van der Waals surface area contributed by atoms with E-state index in [0.717, 1.165) is 21.6 Å². The molecule has 2 nitrogen and oxygen atoms in total. The summed E-state index contributed by atoms with van der Waals surface area (Å²) in [5.74, 6) is 0.337. The predicted octanol–water partition coefficient (Wildman–Crippen LogP) is 2.53. The maximum absolute atomic E-state index is 10.2. The van der Waals surface area contributed by atoms with E-state index in [1.165, 1.54) is 0 Å². The van der Waals surface area contributed by atoms with E-state index in [1.807, 2.05) is 19.1 Å². The summed E-state index contributed by atoms with van der Waals surface area (Å²) in [6.45, 7) is 10.0. The van der Waals surface area contributed by atoms with Gasteiger partial charge in [0, 0.05) is 10.8 Å². The Hall–Kier alpha value is -2.48. The highest BCUT2D eigenvalue weighted by Crippen LogP contribution is 2.26. The minimum Gasteiger partial charge on any atom is -0.507 e. The lowest BCUT2D eigenvalue weighted by Crippen LogP contribution is -2.13. The van der Waals surface area contributed by atoms with Gasteiger partial charge in [0.05, 0.1) is 0 Å². The topological polar surface area (TPSA) is 40.5 Å². The van der Waals surface area contributed by atoms with Crippen LogP contribution >= 0.6 is 0 Å². The molecule has 3 aromatic rings. The molecule has 0 aromatic heterocycles. The molecule has 0 unspecified atom stereocenters. The van der Waals surface area contributed by atoms with E-state index in [-0.39, 0.29) is 11.5 Å². The van der Waals surface area contributed by atoms with Crippen molar-refractivity contribution in [2.45, 2.75) is 6.92 Å². The van der Waals surface area contributed by atoms with Crippen LogP contribution in [-0.4, -0.2) is 10.2 Å². The van der Waals surface area contributed by atoms with Crippen LogP contribution in [0.4, 0.5) is 0 Å². The van der Waals surface area contributed by atoms with Crippen molar-refractivity contribution in [1.29, 1.82) is 0 Å². The Kier molecular flexibility index (Phi) is 2.29. The molecule has 0 heterocycles. The fourth-order valence-electron chi connectivity index (χ4n) is 2.70. The number of hydrogen-bond acceptors (Lipinski definition) is 2. The van der Waals surface area contributed by atoms with Crippen molar-refractivity contribution in [3.8, 4) is 11.5 Å². The summed E-state index contributed by atoms with van der Waals surface area (Å²) >= 11 is 0. The van der Waals surface area contributed by atoms with Gasteiger partial charge in [0.2, 0.25) is 0 Å². The molecular weight excluding hydrogens is 236 g/mol. The zero-order valence-electron chi connectivity index (χ0n) is 10.7. The van der Waals surface area contributed by atoms with Crippen molar-refractivity contribution in [1.82, 2.24) is 0 Å². The van der Waals surface area contributed by atoms with Gasteiger partial charge in [-0.1, -0.05) is 31.4 Å². The molecule has 0 radical (unpaired) electrons. The highest BCUT2D eigenvalue weighted by atomic mass is 16.3. The third-order valence-electron chi connectivity index (χ3n) is 3.56. The van der Waals surface area contributed by atoms with Crippen LogP contribution in [0.25, 0.3) is 34.7 Å². The first kappa shape index (κ1) is 11.6. The third-order valence-corrected chi connectivity index (χ3v) is 3.56. The monoisotopic (exact) mass is 250 g/mol. The molecule has 3 aromatic carbocycles. The maximum Gasteiger partial charge on any atom is 0.124 e. The van der Waals surface area contributed by atoms with Gasteiger partial charge in [-0.15, -0.1) is 0 Å². The molecule has 94 valence electrons. The first-order valence-corrected chi connectivity index (χ1v) is 6.05. The number of phenols is 2. The molecule has 0 aliphatic carbocycles. The lowest BCUT2D eigenvalue weighted by atomic mass is 9.96.